The smallest absolute Gasteiger partial charge is 0.252 e. The van der Waals surface area contributed by atoms with Crippen LogP contribution >= 0.6 is 0 Å². The molecule has 0 bridgehead atoms. The molecule has 0 saturated carbocycles. The number of hydrogen-bond acceptors (Lipinski definition) is 2. The topological polar surface area (TPSA) is 57.8 Å². The summed E-state index contributed by atoms with van der Waals surface area (Å²) < 4.78 is 13.2. The number of amides is 1. The molecule has 5 heteroatoms. The quantitative estimate of drug-likeness (QED) is 0.258. The molecule has 0 unspecified atom stereocenters. The normalized spacial score (nSPS) is 11.5. The first kappa shape index (κ1) is 26.3. The second kappa shape index (κ2) is 11.1. The van der Waals surface area contributed by atoms with Crippen molar-refractivity contribution in [2.75, 3.05) is 0 Å². The predicted molar refractivity (Wildman–Crippen MR) is 149 cm³/mol. The number of hydrogen-bond donors (Lipinski definition) is 2. The molecule has 0 saturated heterocycles. The number of halogens is 1. The highest BCUT2D eigenvalue weighted by Gasteiger charge is 2.22. The fraction of sp³-hybridized carbons (Fsp3) is 0.312. The summed E-state index contributed by atoms with van der Waals surface area (Å²) in [7, 11) is 0. The van der Waals surface area contributed by atoms with Crippen molar-refractivity contribution in [2.24, 2.45) is 0 Å². The molecule has 0 atom stereocenters. The number of nitrogens with zero attached hydrogens (tertiary/aromatic N) is 1. The van der Waals surface area contributed by atoms with Crippen LogP contribution in [-0.2, 0) is 6.54 Å². The molecule has 0 aliphatic carbocycles. The van der Waals surface area contributed by atoms with E-state index in [2.05, 4.69) is 69.0 Å². The van der Waals surface area contributed by atoms with Crippen LogP contribution in [0.2, 0.25) is 0 Å². The highest BCUT2D eigenvalue weighted by molar-refractivity contribution is 5.97. The third-order valence-electron chi connectivity index (χ3n) is 6.77. The Morgan fingerprint density at radius 3 is 1.95 bits per heavy atom. The molecule has 3 aromatic carbocycles. The van der Waals surface area contributed by atoms with Gasteiger partial charge in [-0.25, -0.2) is 9.37 Å². The number of carbonyl (C=O) groups excluding carboxylic acids is 1. The number of aromatic nitrogens is 2. The van der Waals surface area contributed by atoms with E-state index in [-0.39, 0.29) is 23.6 Å². The molecule has 1 heterocycles. The lowest BCUT2D eigenvalue weighted by atomic mass is 9.84. The van der Waals surface area contributed by atoms with Crippen molar-refractivity contribution in [1.29, 1.82) is 0 Å². The molecule has 0 spiro atoms. The van der Waals surface area contributed by atoms with Gasteiger partial charge >= 0.3 is 0 Å². The molecule has 0 aliphatic rings. The third-order valence-corrected chi connectivity index (χ3v) is 6.77. The number of imidazole rings is 1. The van der Waals surface area contributed by atoms with Crippen LogP contribution in [0.3, 0.4) is 0 Å². The number of nitrogens with one attached hydrogen (secondary N) is 2. The van der Waals surface area contributed by atoms with E-state index in [4.69, 9.17) is 0 Å². The van der Waals surface area contributed by atoms with Gasteiger partial charge in [0.05, 0.1) is 11.9 Å². The molecular weight excluding hydrogens is 461 g/mol. The van der Waals surface area contributed by atoms with E-state index in [0.717, 1.165) is 44.9 Å². The number of H-pyrrole nitrogens is 1. The van der Waals surface area contributed by atoms with E-state index in [1.165, 1.54) is 17.7 Å². The van der Waals surface area contributed by atoms with Gasteiger partial charge in [-0.1, -0.05) is 77.9 Å². The van der Waals surface area contributed by atoms with E-state index in [1.807, 2.05) is 24.3 Å². The highest BCUT2D eigenvalue weighted by atomic mass is 19.1. The summed E-state index contributed by atoms with van der Waals surface area (Å²) in [5.74, 6) is 1.37. The summed E-state index contributed by atoms with van der Waals surface area (Å²) >= 11 is 0. The van der Waals surface area contributed by atoms with Gasteiger partial charge in [-0.3, -0.25) is 4.79 Å². The maximum atomic E-state index is 13.4. The van der Waals surface area contributed by atoms with E-state index >= 15 is 0 Å². The number of rotatable bonds is 8. The summed E-state index contributed by atoms with van der Waals surface area (Å²) in [6, 6.07) is 18.7. The molecule has 4 rings (SSSR count). The largest absolute Gasteiger partial charge is 0.348 e. The van der Waals surface area contributed by atoms with E-state index in [0.29, 0.717) is 12.5 Å². The Hall–Kier alpha value is -3.73. The standard InChI is InChI=1S/C32H36FN3O/c1-19(2)25-15-27(20(3)4)30(28(16-25)21(5)6)32(37)35-17-22-7-9-24(10-8-22)31-34-18-29(36-31)23-11-13-26(33)14-12-23/h7-16,18-21H,17H2,1-6H3,(H,34,36)(H,35,37). The average Bonchev–Trinajstić information content (AvgIpc) is 3.37. The fourth-order valence-corrected chi connectivity index (χ4v) is 4.51. The molecule has 4 nitrogen and oxygen atoms in total. The van der Waals surface area contributed by atoms with Crippen LogP contribution in [0.1, 0.15) is 91.9 Å². The number of aromatic amines is 1. The highest BCUT2D eigenvalue weighted by Crippen LogP contribution is 2.32. The second-order valence-corrected chi connectivity index (χ2v) is 10.6. The van der Waals surface area contributed by atoms with Gasteiger partial charge in [0.2, 0.25) is 0 Å². The lowest BCUT2D eigenvalue weighted by Gasteiger charge is -2.22. The minimum Gasteiger partial charge on any atom is -0.348 e. The van der Waals surface area contributed by atoms with Gasteiger partial charge < -0.3 is 10.3 Å². The Morgan fingerprint density at radius 1 is 0.838 bits per heavy atom. The molecule has 0 fully saturated rings. The van der Waals surface area contributed by atoms with Gasteiger partial charge in [0.25, 0.3) is 5.91 Å². The molecular formula is C32H36FN3O. The molecule has 1 aromatic heterocycles. The minimum absolute atomic E-state index is 0.0262. The first-order valence-electron chi connectivity index (χ1n) is 13.0. The summed E-state index contributed by atoms with van der Waals surface area (Å²) in [4.78, 5) is 21.2. The molecule has 192 valence electrons. The molecule has 2 N–H and O–H groups in total. The van der Waals surface area contributed by atoms with Crippen molar-refractivity contribution >= 4 is 5.91 Å². The molecule has 37 heavy (non-hydrogen) atoms. The van der Waals surface area contributed by atoms with Crippen LogP contribution in [0.25, 0.3) is 22.6 Å². The summed E-state index contributed by atoms with van der Waals surface area (Å²) in [5.41, 5.74) is 7.97. The second-order valence-electron chi connectivity index (χ2n) is 10.6. The number of benzene rings is 3. The average molecular weight is 498 g/mol. The van der Waals surface area contributed by atoms with E-state index < -0.39 is 0 Å². The lowest BCUT2D eigenvalue weighted by molar-refractivity contribution is 0.0948. The zero-order chi connectivity index (χ0) is 26.7. The van der Waals surface area contributed by atoms with Gasteiger partial charge in [-0.05, 0) is 69.8 Å². The molecule has 0 aliphatic heterocycles. The van der Waals surface area contributed by atoms with Crippen molar-refractivity contribution in [3.63, 3.8) is 0 Å². The first-order valence-corrected chi connectivity index (χ1v) is 13.0. The van der Waals surface area contributed by atoms with Gasteiger partial charge in [0.15, 0.2) is 0 Å². The van der Waals surface area contributed by atoms with Crippen molar-refractivity contribution in [3.8, 4) is 22.6 Å². The maximum absolute atomic E-state index is 13.4. The Labute approximate surface area is 219 Å². The zero-order valence-corrected chi connectivity index (χ0v) is 22.5. The zero-order valence-electron chi connectivity index (χ0n) is 22.5. The van der Waals surface area contributed by atoms with Crippen molar-refractivity contribution in [1.82, 2.24) is 15.3 Å². The van der Waals surface area contributed by atoms with Gasteiger partial charge in [0.1, 0.15) is 11.6 Å². The summed E-state index contributed by atoms with van der Waals surface area (Å²) in [6.07, 6.45) is 1.75. The van der Waals surface area contributed by atoms with Crippen molar-refractivity contribution in [2.45, 2.75) is 65.8 Å². The van der Waals surface area contributed by atoms with Crippen LogP contribution in [0, 0.1) is 5.82 Å². The number of carbonyl (C=O) groups is 1. The monoisotopic (exact) mass is 497 g/mol. The van der Waals surface area contributed by atoms with Crippen LogP contribution in [0.5, 0.6) is 0 Å². The van der Waals surface area contributed by atoms with Crippen LogP contribution < -0.4 is 5.32 Å². The maximum Gasteiger partial charge on any atom is 0.252 e. The van der Waals surface area contributed by atoms with E-state index in [1.54, 1.807) is 18.3 Å². The van der Waals surface area contributed by atoms with Crippen LogP contribution in [-0.4, -0.2) is 15.9 Å². The summed E-state index contributed by atoms with van der Waals surface area (Å²) in [5, 5.41) is 3.15. The van der Waals surface area contributed by atoms with Crippen molar-refractivity contribution in [3.05, 3.63) is 100 Å². The van der Waals surface area contributed by atoms with Gasteiger partial charge in [-0.2, -0.15) is 0 Å². The van der Waals surface area contributed by atoms with Crippen LogP contribution in [0.4, 0.5) is 4.39 Å². The third kappa shape index (κ3) is 5.99. The predicted octanol–water partition coefficient (Wildman–Crippen LogP) is 8.18. The summed E-state index contributed by atoms with van der Waals surface area (Å²) in [6.45, 7) is 13.4. The van der Waals surface area contributed by atoms with Crippen molar-refractivity contribution < 1.29 is 9.18 Å². The van der Waals surface area contributed by atoms with Gasteiger partial charge in [0, 0.05) is 17.7 Å². The Kier molecular flexibility index (Phi) is 7.91. The molecule has 0 radical (unpaired) electrons. The first-order chi connectivity index (χ1) is 17.6. The molecule has 4 aromatic rings. The Balaban J connectivity index is 1.50. The molecule has 1 amide bonds. The Morgan fingerprint density at radius 2 is 1.41 bits per heavy atom. The van der Waals surface area contributed by atoms with Gasteiger partial charge in [-0.15, -0.1) is 0 Å². The Bertz CT molecular complexity index is 1340. The lowest BCUT2D eigenvalue weighted by Crippen LogP contribution is -2.26. The fourth-order valence-electron chi connectivity index (χ4n) is 4.51. The minimum atomic E-state index is -0.264. The SMILES string of the molecule is CC(C)c1cc(C(C)C)c(C(=O)NCc2ccc(-c3ncc(-c4ccc(F)cc4)[nH]3)cc2)c(C(C)C)c1. The van der Waals surface area contributed by atoms with E-state index in [9.17, 15) is 9.18 Å². The van der Waals surface area contributed by atoms with Crippen LogP contribution in [0.15, 0.2) is 66.9 Å².